The summed E-state index contributed by atoms with van der Waals surface area (Å²) in [6, 6.07) is 10.3. The van der Waals surface area contributed by atoms with Crippen molar-refractivity contribution >= 4 is 34.5 Å². The number of amides is 1. The molecule has 0 aliphatic heterocycles. The largest absolute Gasteiger partial charge is 0.369 e. The van der Waals surface area contributed by atoms with Crippen LogP contribution in [0, 0.1) is 0 Å². The fourth-order valence-electron chi connectivity index (χ4n) is 1.80. The van der Waals surface area contributed by atoms with Gasteiger partial charge in [0.05, 0.1) is 0 Å². The van der Waals surface area contributed by atoms with Crippen molar-refractivity contribution in [3.63, 3.8) is 0 Å². The van der Waals surface area contributed by atoms with Crippen molar-refractivity contribution in [3.8, 4) is 5.00 Å². The molecule has 0 spiro atoms. The molecule has 0 atom stereocenters. The molecular formula is C13H10ClN5O2S. The highest BCUT2D eigenvalue weighted by molar-refractivity contribution is 7.12. The molecule has 3 rings (SSSR count). The predicted octanol–water partition coefficient (Wildman–Crippen LogP) is 1.78. The molecule has 0 saturated carbocycles. The van der Waals surface area contributed by atoms with Gasteiger partial charge in [-0.3, -0.25) is 4.79 Å². The van der Waals surface area contributed by atoms with Crippen LogP contribution >= 0.6 is 22.9 Å². The minimum atomic E-state index is -0.469. The topological polar surface area (TPSA) is 81.8 Å². The molecule has 0 bridgehead atoms. The molecule has 0 fully saturated rings. The summed E-state index contributed by atoms with van der Waals surface area (Å²) in [6.07, 6.45) is 0. The Balaban J connectivity index is 1.74. The Labute approximate surface area is 133 Å². The molecule has 0 radical (unpaired) electrons. The van der Waals surface area contributed by atoms with Crippen LogP contribution < -0.4 is 11.0 Å². The Morgan fingerprint density at radius 3 is 2.86 bits per heavy atom. The lowest BCUT2D eigenvalue weighted by molar-refractivity contribution is -0.117. The van der Waals surface area contributed by atoms with Crippen LogP contribution in [0.2, 0.25) is 5.02 Å². The van der Waals surface area contributed by atoms with Gasteiger partial charge in [-0.2, -0.15) is 9.36 Å². The molecule has 0 aliphatic carbocycles. The predicted molar refractivity (Wildman–Crippen MR) is 83.6 cm³/mol. The number of aromatic nitrogens is 4. The van der Waals surface area contributed by atoms with Gasteiger partial charge in [0.1, 0.15) is 11.5 Å². The molecule has 2 aromatic heterocycles. The van der Waals surface area contributed by atoms with Crippen molar-refractivity contribution in [2.45, 2.75) is 6.54 Å². The highest BCUT2D eigenvalue weighted by atomic mass is 35.5. The van der Waals surface area contributed by atoms with Gasteiger partial charge in [-0.25, -0.2) is 4.79 Å². The lowest BCUT2D eigenvalue weighted by Gasteiger charge is -2.04. The third-order valence-electron chi connectivity index (χ3n) is 2.76. The third kappa shape index (κ3) is 3.07. The zero-order valence-corrected chi connectivity index (χ0v) is 12.7. The average molecular weight is 336 g/mol. The number of carbonyl (C=O) groups is 1. The Bertz CT molecular complexity index is 855. The zero-order valence-electron chi connectivity index (χ0n) is 11.1. The molecule has 22 heavy (non-hydrogen) atoms. The summed E-state index contributed by atoms with van der Waals surface area (Å²) < 4.78 is 2.15. The molecule has 0 saturated heterocycles. The summed E-state index contributed by atoms with van der Waals surface area (Å²) in [6.45, 7) is -0.225. The van der Waals surface area contributed by atoms with Gasteiger partial charge in [0, 0.05) is 10.7 Å². The van der Waals surface area contributed by atoms with Gasteiger partial charge in [0.15, 0.2) is 0 Å². The van der Waals surface area contributed by atoms with Crippen LogP contribution in [0.25, 0.3) is 5.00 Å². The summed E-state index contributed by atoms with van der Waals surface area (Å²) in [7, 11) is 0. The standard InChI is InChI=1S/C13H10ClN5O2S/c14-9-3-1-4-10(7-9)15-11(20)8-18-13(21)19(17-16-18)12-5-2-6-22-12/h1-7H,8H2,(H,15,20). The second kappa shape index (κ2) is 6.12. The highest BCUT2D eigenvalue weighted by Gasteiger charge is 2.12. The van der Waals surface area contributed by atoms with E-state index in [0.29, 0.717) is 15.7 Å². The summed E-state index contributed by atoms with van der Waals surface area (Å²) in [4.78, 5) is 24.1. The van der Waals surface area contributed by atoms with Gasteiger partial charge in [-0.1, -0.05) is 17.7 Å². The Morgan fingerprint density at radius 2 is 2.14 bits per heavy atom. The van der Waals surface area contributed by atoms with E-state index in [2.05, 4.69) is 15.7 Å². The van der Waals surface area contributed by atoms with E-state index in [9.17, 15) is 9.59 Å². The molecule has 1 N–H and O–H groups in total. The molecule has 112 valence electrons. The Hall–Kier alpha value is -2.45. The number of carbonyl (C=O) groups excluding carboxylic acids is 1. The molecule has 0 unspecified atom stereocenters. The summed E-state index contributed by atoms with van der Waals surface area (Å²) in [5.74, 6) is -0.386. The molecule has 3 aromatic rings. The van der Waals surface area contributed by atoms with Gasteiger partial charge in [-0.05, 0) is 46.1 Å². The molecule has 2 heterocycles. The summed E-state index contributed by atoms with van der Waals surface area (Å²) in [5.41, 5.74) is 0.0832. The number of nitrogens with one attached hydrogen (secondary N) is 1. The van der Waals surface area contributed by atoms with Gasteiger partial charge in [0.25, 0.3) is 0 Å². The third-order valence-corrected chi connectivity index (χ3v) is 3.83. The number of tetrazole rings is 1. The second-order valence-electron chi connectivity index (χ2n) is 4.34. The summed E-state index contributed by atoms with van der Waals surface area (Å²) in [5, 5.41) is 13.1. The maximum absolute atomic E-state index is 12.1. The van der Waals surface area contributed by atoms with Gasteiger partial charge < -0.3 is 5.32 Å². The van der Waals surface area contributed by atoms with Crippen LogP contribution in [0.1, 0.15) is 0 Å². The minimum absolute atomic E-state index is 0.225. The van der Waals surface area contributed by atoms with Crippen LogP contribution in [0.5, 0.6) is 0 Å². The van der Waals surface area contributed by atoms with Crippen molar-refractivity contribution in [1.29, 1.82) is 0 Å². The number of halogens is 1. The second-order valence-corrected chi connectivity index (χ2v) is 5.70. The van der Waals surface area contributed by atoms with Crippen LogP contribution in [-0.4, -0.2) is 25.7 Å². The van der Waals surface area contributed by atoms with E-state index in [0.717, 1.165) is 9.36 Å². The van der Waals surface area contributed by atoms with Gasteiger partial charge >= 0.3 is 5.69 Å². The van der Waals surface area contributed by atoms with Gasteiger partial charge in [0.2, 0.25) is 5.91 Å². The normalized spacial score (nSPS) is 10.6. The number of anilines is 1. The van der Waals surface area contributed by atoms with Crippen LogP contribution in [0.4, 0.5) is 5.69 Å². The number of nitrogens with zero attached hydrogens (tertiary/aromatic N) is 4. The van der Waals surface area contributed by atoms with E-state index >= 15 is 0 Å². The number of hydrogen-bond acceptors (Lipinski definition) is 5. The monoisotopic (exact) mass is 335 g/mol. The van der Waals surface area contributed by atoms with Crippen molar-refractivity contribution in [3.05, 3.63) is 57.3 Å². The molecule has 1 aromatic carbocycles. The van der Waals surface area contributed by atoms with Crippen molar-refractivity contribution in [1.82, 2.24) is 19.8 Å². The first-order valence-electron chi connectivity index (χ1n) is 6.25. The molecule has 1 amide bonds. The van der Waals surface area contributed by atoms with Gasteiger partial charge in [-0.15, -0.1) is 11.3 Å². The SMILES string of the molecule is O=C(Cn1nnn(-c2cccs2)c1=O)Nc1cccc(Cl)c1. The Kier molecular flexibility index (Phi) is 4.03. The first-order chi connectivity index (χ1) is 10.6. The quantitative estimate of drug-likeness (QED) is 0.788. The molecular weight excluding hydrogens is 326 g/mol. The minimum Gasteiger partial charge on any atom is -0.324 e. The highest BCUT2D eigenvalue weighted by Crippen LogP contribution is 2.14. The maximum atomic E-state index is 12.1. The molecule has 7 nitrogen and oxygen atoms in total. The van der Waals surface area contributed by atoms with E-state index in [1.807, 2.05) is 5.38 Å². The van der Waals surface area contributed by atoms with E-state index < -0.39 is 5.69 Å². The number of hydrogen-bond donors (Lipinski definition) is 1. The number of thiophene rings is 1. The van der Waals surface area contributed by atoms with E-state index in [1.54, 1.807) is 36.4 Å². The van der Waals surface area contributed by atoms with E-state index in [-0.39, 0.29) is 12.5 Å². The molecule has 0 aliphatic rings. The van der Waals surface area contributed by atoms with Crippen molar-refractivity contribution < 1.29 is 4.79 Å². The van der Waals surface area contributed by atoms with E-state index in [1.165, 1.54) is 11.3 Å². The van der Waals surface area contributed by atoms with Crippen LogP contribution in [0.3, 0.4) is 0 Å². The smallest absolute Gasteiger partial charge is 0.324 e. The fourth-order valence-corrected chi connectivity index (χ4v) is 2.66. The van der Waals surface area contributed by atoms with Crippen LogP contribution in [-0.2, 0) is 11.3 Å². The van der Waals surface area contributed by atoms with E-state index in [4.69, 9.17) is 11.6 Å². The number of rotatable bonds is 4. The lowest BCUT2D eigenvalue weighted by Crippen LogP contribution is -2.29. The maximum Gasteiger partial charge on any atom is 0.369 e. The first-order valence-corrected chi connectivity index (χ1v) is 7.51. The van der Waals surface area contributed by atoms with Crippen LogP contribution in [0.15, 0.2) is 46.6 Å². The average Bonchev–Trinajstić information content (AvgIpc) is 3.10. The fraction of sp³-hybridized carbons (Fsp3) is 0.0769. The Morgan fingerprint density at radius 1 is 1.27 bits per heavy atom. The van der Waals surface area contributed by atoms with Crippen molar-refractivity contribution in [2.24, 2.45) is 0 Å². The number of benzene rings is 1. The zero-order chi connectivity index (χ0) is 15.5. The summed E-state index contributed by atoms with van der Waals surface area (Å²) >= 11 is 7.20. The lowest BCUT2D eigenvalue weighted by atomic mass is 10.3. The van der Waals surface area contributed by atoms with Crippen molar-refractivity contribution in [2.75, 3.05) is 5.32 Å². The molecule has 9 heteroatoms. The first kappa shape index (κ1) is 14.5.